The van der Waals surface area contributed by atoms with Crippen LogP contribution in [0.25, 0.3) is 0 Å². The van der Waals surface area contributed by atoms with E-state index in [9.17, 15) is 0 Å². The van der Waals surface area contributed by atoms with Crippen LogP contribution in [0.2, 0.25) is 0 Å². The highest BCUT2D eigenvalue weighted by Crippen LogP contribution is 2.41. The summed E-state index contributed by atoms with van der Waals surface area (Å²) in [5, 5.41) is 3.33. The third-order valence-electron chi connectivity index (χ3n) is 1.25. The molecule has 0 fully saturated rings. The summed E-state index contributed by atoms with van der Waals surface area (Å²) < 4.78 is 2.10. The predicted octanol–water partition coefficient (Wildman–Crippen LogP) is 1.44. The molecule has 1 rings (SSSR count). The summed E-state index contributed by atoms with van der Waals surface area (Å²) >= 11 is 0. The smallest absolute Gasteiger partial charge is 0.102 e. The average molecular weight is 191 g/mol. The number of rotatable bonds is 2. The van der Waals surface area contributed by atoms with Crippen molar-refractivity contribution in [3.05, 3.63) is 11.2 Å². The molecule has 0 atom stereocenters. The zero-order chi connectivity index (χ0) is 8.43. The molecule has 3 nitrogen and oxygen atoms in total. The van der Waals surface area contributed by atoms with Gasteiger partial charge in [-0.1, -0.05) is 0 Å². The zero-order valence-corrected chi connectivity index (χ0v) is 8.87. The van der Waals surface area contributed by atoms with E-state index in [2.05, 4.69) is 29.6 Å². The minimum Gasteiger partial charge on any atom is -0.371 e. The maximum Gasteiger partial charge on any atom is 0.102 e. The third-order valence-corrected chi connectivity index (χ3v) is 3.75. The summed E-state index contributed by atoms with van der Waals surface area (Å²) in [6, 6.07) is 0. The highest BCUT2D eigenvalue weighted by Gasteiger charge is 2.16. The van der Waals surface area contributed by atoms with Gasteiger partial charge in [0, 0.05) is 39.2 Å². The summed E-state index contributed by atoms with van der Waals surface area (Å²) in [6.07, 6.45) is 2.12. The monoisotopic (exact) mass is 191 g/mol. The molecule has 0 bridgehead atoms. The molecule has 0 N–H and O–H groups in total. The topological polar surface area (TPSA) is 9.72 Å². The molecule has 64 valence electrons. The molecule has 11 heavy (non-hydrogen) atoms. The van der Waals surface area contributed by atoms with E-state index in [0.717, 1.165) is 0 Å². The Morgan fingerprint density at radius 2 is 1.91 bits per heavy atom. The molecule has 1 aliphatic heterocycles. The number of nitrogens with zero attached hydrogens (tertiary/aromatic N) is 3. The molecule has 1 aliphatic rings. The lowest BCUT2D eigenvalue weighted by Gasteiger charge is -2.19. The largest absolute Gasteiger partial charge is 0.371 e. The summed E-state index contributed by atoms with van der Waals surface area (Å²) in [4.78, 5) is 2.11. The van der Waals surface area contributed by atoms with Crippen molar-refractivity contribution in [2.24, 2.45) is 0 Å². The fourth-order valence-electron chi connectivity index (χ4n) is 0.586. The summed E-state index contributed by atoms with van der Waals surface area (Å²) in [7, 11) is 11.7. The van der Waals surface area contributed by atoms with Crippen LogP contribution in [0.4, 0.5) is 0 Å². The van der Waals surface area contributed by atoms with Gasteiger partial charge in [-0.25, -0.2) is 9.42 Å². The van der Waals surface area contributed by atoms with Crippen molar-refractivity contribution in [1.82, 2.24) is 14.3 Å². The van der Waals surface area contributed by atoms with Crippen LogP contribution in [0.1, 0.15) is 0 Å². The highest BCUT2D eigenvalue weighted by molar-refractivity contribution is 8.77. The number of hydrogen-bond acceptors (Lipinski definition) is 5. The predicted molar refractivity (Wildman–Crippen MR) is 52.5 cm³/mol. The molecule has 0 radical (unpaired) electrons. The quantitative estimate of drug-likeness (QED) is 0.481. The van der Waals surface area contributed by atoms with Crippen molar-refractivity contribution in [3.63, 3.8) is 0 Å². The second-order valence-electron chi connectivity index (χ2n) is 2.67. The van der Waals surface area contributed by atoms with Crippen LogP contribution in [-0.2, 0) is 0 Å². The Balaban J connectivity index is 2.54. The van der Waals surface area contributed by atoms with Gasteiger partial charge in [0.2, 0.25) is 0 Å². The van der Waals surface area contributed by atoms with Crippen LogP contribution in [0.15, 0.2) is 11.2 Å². The minimum absolute atomic E-state index is 1.28. The van der Waals surface area contributed by atoms with Gasteiger partial charge in [0.25, 0.3) is 0 Å². The van der Waals surface area contributed by atoms with Crippen LogP contribution in [-0.4, -0.2) is 42.5 Å². The van der Waals surface area contributed by atoms with Crippen LogP contribution in [0, 0.1) is 0 Å². The summed E-state index contributed by atoms with van der Waals surface area (Å²) in [5.41, 5.74) is 0. The van der Waals surface area contributed by atoms with Crippen molar-refractivity contribution in [3.8, 4) is 0 Å². The van der Waals surface area contributed by atoms with Crippen molar-refractivity contribution in [2.75, 3.05) is 28.2 Å². The summed E-state index contributed by atoms with van der Waals surface area (Å²) in [6.45, 7) is 0. The number of hydrogen-bond donors (Lipinski definition) is 0. The summed E-state index contributed by atoms with van der Waals surface area (Å²) in [5.74, 6) is 0. The zero-order valence-electron chi connectivity index (χ0n) is 7.24. The van der Waals surface area contributed by atoms with Gasteiger partial charge in [-0.15, -0.1) is 0 Å². The molecule has 0 aromatic carbocycles. The van der Waals surface area contributed by atoms with Gasteiger partial charge in [0.1, 0.15) is 5.03 Å². The van der Waals surface area contributed by atoms with E-state index in [4.69, 9.17) is 0 Å². The molecule has 0 spiro atoms. The van der Waals surface area contributed by atoms with Gasteiger partial charge in [0.15, 0.2) is 0 Å². The maximum absolute atomic E-state index is 2.12. The van der Waals surface area contributed by atoms with E-state index in [1.165, 1.54) is 5.03 Å². The van der Waals surface area contributed by atoms with Gasteiger partial charge >= 0.3 is 0 Å². The Kier molecular flexibility index (Phi) is 2.98. The van der Waals surface area contributed by atoms with Gasteiger partial charge in [-0.05, 0) is 10.8 Å². The van der Waals surface area contributed by atoms with E-state index in [1.807, 2.05) is 19.1 Å². The first kappa shape index (κ1) is 9.09. The van der Waals surface area contributed by atoms with Gasteiger partial charge in [-0.2, -0.15) is 0 Å². The lowest BCUT2D eigenvalue weighted by Crippen LogP contribution is -2.24. The van der Waals surface area contributed by atoms with Crippen molar-refractivity contribution < 1.29 is 0 Å². The Hall–Kier alpha value is -0.000000000000000111. The first-order valence-corrected chi connectivity index (χ1v) is 5.42. The normalized spacial score (nSPS) is 17.5. The van der Waals surface area contributed by atoms with Crippen molar-refractivity contribution >= 4 is 21.8 Å². The van der Waals surface area contributed by atoms with E-state index in [1.54, 1.807) is 21.8 Å². The third kappa shape index (κ3) is 2.21. The van der Waals surface area contributed by atoms with Crippen LogP contribution in [0.5, 0.6) is 0 Å². The van der Waals surface area contributed by atoms with Gasteiger partial charge < -0.3 is 4.90 Å². The van der Waals surface area contributed by atoms with Crippen molar-refractivity contribution in [1.29, 1.82) is 0 Å². The first-order valence-electron chi connectivity index (χ1n) is 3.31. The fraction of sp³-hybridized carbons (Fsp3) is 0.667. The fourth-order valence-corrected chi connectivity index (χ4v) is 2.94. The SMILES string of the molecule is CN(C)C1=CN(N(C)C)SS1. The Morgan fingerprint density at radius 1 is 1.27 bits per heavy atom. The first-order chi connectivity index (χ1) is 5.11. The molecule has 0 aromatic rings. The second-order valence-corrected chi connectivity index (χ2v) is 4.72. The van der Waals surface area contributed by atoms with Crippen LogP contribution in [0.3, 0.4) is 0 Å². The van der Waals surface area contributed by atoms with Gasteiger partial charge in [-0.3, -0.25) is 0 Å². The molecule has 0 aliphatic carbocycles. The lowest BCUT2D eigenvalue weighted by molar-refractivity contribution is 0.204. The van der Waals surface area contributed by atoms with Crippen LogP contribution < -0.4 is 0 Å². The van der Waals surface area contributed by atoms with Crippen LogP contribution >= 0.6 is 21.8 Å². The highest BCUT2D eigenvalue weighted by atomic mass is 33.1. The molecule has 0 amide bonds. The van der Waals surface area contributed by atoms with E-state index < -0.39 is 0 Å². The molecule has 5 heteroatoms. The average Bonchev–Trinajstić information content (AvgIpc) is 2.33. The molecule has 0 saturated carbocycles. The molecule has 0 unspecified atom stereocenters. The Morgan fingerprint density at radius 3 is 2.18 bits per heavy atom. The standard InChI is InChI=1S/C6H13N3S2/c1-7(2)6-5-9(8(3)4)11-10-6/h5H,1-4H3. The van der Waals surface area contributed by atoms with E-state index in [0.29, 0.717) is 0 Å². The molecular formula is C6H13N3S2. The Labute approximate surface area is 75.9 Å². The van der Waals surface area contributed by atoms with Crippen molar-refractivity contribution in [2.45, 2.75) is 0 Å². The molecule has 0 saturated heterocycles. The maximum atomic E-state index is 2.12. The molecule has 0 aromatic heterocycles. The van der Waals surface area contributed by atoms with E-state index in [-0.39, 0.29) is 0 Å². The second kappa shape index (κ2) is 3.60. The minimum atomic E-state index is 1.28. The van der Waals surface area contributed by atoms with Gasteiger partial charge in [0.05, 0.1) is 6.20 Å². The number of hydrazine groups is 1. The molecule has 1 heterocycles. The molecular weight excluding hydrogens is 178 g/mol. The Bertz CT molecular complexity index is 167. The lowest BCUT2D eigenvalue weighted by atomic mass is 10.8. The van der Waals surface area contributed by atoms with E-state index >= 15 is 0 Å².